The van der Waals surface area contributed by atoms with Crippen molar-refractivity contribution in [3.05, 3.63) is 96.6 Å². The highest BCUT2D eigenvalue weighted by Crippen LogP contribution is 2.24. The molecule has 0 heterocycles. The lowest BCUT2D eigenvalue weighted by Crippen LogP contribution is -2.14. The first-order valence-electron chi connectivity index (χ1n) is 10.1. The summed E-state index contributed by atoms with van der Waals surface area (Å²) >= 11 is 1.41. The molecule has 6 heteroatoms. The highest BCUT2D eigenvalue weighted by atomic mass is 32.2. The quantitative estimate of drug-likeness (QED) is 0.353. The molecule has 0 saturated carbocycles. The molecule has 0 aliphatic carbocycles. The fourth-order valence-electron chi connectivity index (χ4n) is 3.24. The van der Waals surface area contributed by atoms with Crippen molar-refractivity contribution in [3.63, 3.8) is 0 Å². The Morgan fingerprint density at radius 1 is 0.781 bits per heavy atom. The third-order valence-corrected chi connectivity index (χ3v) is 5.82. The minimum atomic E-state index is -0.222. The van der Waals surface area contributed by atoms with Crippen LogP contribution in [-0.2, 0) is 4.79 Å². The van der Waals surface area contributed by atoms with Crippen LogP contribution in [0.25, 0.3) is 10.8 Å². The van der Waals surface area contributed by atoms with Crippen LogP contribution >= 0.6 is 11.8 Å². The fraction of sp³-hybridized carbons (Fsp3) is 0.0769. The lowest BCUT2D eigenvalue weighted by molar-refractivity contribution is -0.113. The van der Waals surface area contributed by atoms with Gasteiger partial charge >= 0.3 is 0 Å². The van der Waals surface area contributed by atoms with E-state index in [-0.39, 0.29) is 17.6 Å². The van der Waals surface area contributed by atoms with Crippen LogP contribution in [0.2, 0.25) is 0 Å². The number of hydrogen-bond donors (Lipinski definition) is 2. The molecule has 160 valence electrons. The minimum absolute atomic E-state index is 0.0869. The smallest absolute Gasteiger partial charge is 0.255 e. The SMILES string of the molecule is COc1cccc(C(=O)Nc2cccc(SCC(=O)Nc3ccc4ccccc4c3)c2)c1. The van der Waals surface area contributed by atoms with Gasteiger partial charge in [-0.3, -0.25) is 9.59 Å². The second-order valence-corrected chi connectivity index (χ2v) is 8.16. The van der Waals surface area contributed by atoms with E-state index in [2.05, 4.69) is 10.6 Å². The molecule has 2 N–H and O–H groups in total. The number of anilines is 2. The zero-order chi connectivity index (χ0) is 22.3. The van der Waals surface area contributed by atoms with E-state index < -0.39 is 0 Å². The Bertz CT molecular complexity index is 1270. The third-order valence-electron chi connectivity index (χ3n) is 4.83. The van der Waals surface area contributed by atoms with Crippen LogP contribution in [0.5, 0.6) is 5.75 Å². The maximum atomic E-state index is 12.5. The summed E-state index contributed by atoms with van der Waals surface area (Å²) < 4.78 is 5.17. The number of rotatable bonds is 7. The van der Waals surface area contributed by atoms with E-state index in [0.29, 0.717) is 17.0 Å². The number of methoxy groups -OCH3 is 1. The molecular formula is C26H22N2O3S. The number of thioether (sulfide) groups is 1. The summed E-state index contributed by atoms with van der Waals surface area (Å²) in [4.78, 5) is 25.8. The van der Waals surface area contributed by atoms with E-state index in [1.54, 1.807) is 31.4 Å². The largest absolute Gasteiger partial charge is 0.497 e. The fourth-order valence-corrected chi connectivity index (χ4v) is 4.00. The van der Waals surface area contributed by atoms with Gasteiger partial charge in [0, 0.05) is 21.8 Å². The second-order valence-electron chi connectivity index (χ2n) is 7.11. The average molecular weight is 443 g/mol. The molecule has 0 unspecified atom stereocenters. The number of ether oxygens (including phenoxy) is 1. The Kier molecular flexibility index (Phi) is 6.72. The molecule has 0 aliphatic rings. The molecule has 4 aromatic carbocycles. The summed E-state index contributed by atoms with van der Waals surface area (Å²) in [5.41, 5.74) is 1.95. The molecule has 4 aromatic rings. The van der Waals surface area contributed by atoms with E-state index in [4.69, 9.17) is 4.74 Å². The van der Waals surface area contributed by atoms with E-state index in [1.165, 1.54) is 11.8 Å². The number of benzene rings is 4. The molecule has 0 fully saturated rings. The number of carbonyl (C=O) groups excluding carboxylic acids is 2. The summed E-state index contributed by atoms with van der Waals surface area (Å²) in [6.07, 6.45) is 0. The Morgan fingerprint density at radius 3 is 2.41 bits per heavy atom. The van der Waals surface area contributed by atoms with Crippen molar-refractivity contribution in [1.82, 2.24) is 0 Å². The van der Waals surface area contributed by atoms with Crippen molar-refractivity contribution in [2.24, 2.45) is 0 Å². The standard InChI is InChI=1S/C26H22N2O3S/c1-31-23-10-4-8-20(15-23)26(30)28-21-9-5-11-24(16-21)32-17-25(29)27-22-13-12-18-6-2-3-7-19(18)14-22/h2-16H,17H2,1H3,(H,27,29)(H,28,30). The van der Waals surface area contributed by atoms with Gasteiger partial charge in [-0.05, 0) is 59.3 Å². The molecule has 0 aliphatic heterocycles. The third kappa shape index (κ3) is 5.47. The van der Waals surface area contributed by atoms with E-state index in [1.807, 2.05) is 66.7 Å². The van der Waals surface area contributed by atoms with Gasteiger partial charge in [0.05, 0.1) is 12.9 Å². The summed E-state index contributed by atoms with van der Waals surface area (Å²) in [7, 11) is 1.56. The Balaban J connectivity index is 1.34. The van der Waals surface area contributed by atoms with Crippen LogP contribution in [0.15, 0.2) is 95.9 Å². The van der Waals surface area contributed by atoms with Crippen LogP contribution in [0.3, 0.4) is 0 Å². The van der Waals surface area contributed by atoms with Gasteiger partial charge < -0.3 is 15.4 Å². The average Bonchev–Trinajstić information content (AvgIpc) is 2.83. The van der Waals surface area contributed by atoms with Gasteiger partial charge in [0.15, 0.2) is 0 Å². The van der Waals surface area contributed by atoms with Crippen molar-refractivity contribution in [1.29, 1.82) is 0 Å². The molecule has 0 spiro atoms. The molecule has 0 saturated heterocycles. The highest BCUT2D eigenvalue weighted by Gasteiger charge is 2.09. The molecule has 0 bridgehead atoms. The van der Waals surface area contributed by atoms with Crippen molar-refractivity contribution in [3.8, 4) is 5.75 Å². The number of fused-ring (bicyclic) bond motifs is 1. The van der Waals surface area contributed by atoms with Gasteiger partial charge in [-0.1, -0.05) is 42.5 Å². The molecule has 2 amide bonds. The van der Waals surface area contributed by atoms with Crippen LogP contribution in [0, 0.1) is 0 Å². The highest BCUT2D eigenvalue weighted by molar-refractivity contribution is 8.00. The number of hydrogen-bond acceptors (Lipinski definition) is 4. The maximum Gasteiger partial charge on any atom is 0.255 e. The summed E-state index contributed by atoms with van der Waals surface area (Å²) in [5, 5.41) is 8.04. The first kappa shape index (κ1) is 21.5. The van der Waals surface area contributed by atoms with Crippen molar-refractivity contribution in [2.75, 3.05) is 23.5 Å². The predicted molar refractivity (Wildman–Crippen MR) is 131 cm³/mol. The molecule has 0 radical (unpaired) electrons. The molecule has 4 rings (SSSR count). The monoisotopic (exact) mass is 442 g/mol. The van der Waals surface area contributed by atoms with Gasteiger partial charge in [0.25, 0.3) is 5.91 Å². The Morgan fingerprint density at radius 2 is 1.56 bits per heavy atom. The zero-order valence-corrected chi connectivity index (χ0v) is 18.3. The van der Waals surface area contributed by atoms with Crippen LogP contribution in [-0.4, -0.2) is 24.7 Å². The first-order chi connectivity index (χ1) is 15.6. The predicted octanol–water partition coefficient (Wildman–Crippen LogP) is 5.83. The van der Waals surface area contributed by atoms with Gasteiger partial charge in [-0.25, -0.2) is 0 Å². The van der Waals surface area contributed by atoms with E-state index in [9.17, 15) is 9.59 Å². The van der Waals surface area contributed by atoms with E-state index in [0.717, 1.165) is 21.4 Å². The minimum Gasteiger partial charge on any atom is -0.497 e. The van der Waals surface area contributed by atoms with Crippen molar-refractivity contribution >= 4 is 45.7 Å². The summed E-state index contributed by atoms with van der Waals surface area (Å²) in [6.45, 7) is 0. The molecule has 32 heavy (non-hydrogen) atoms. The Hall–Kier alpha value is -3.77. The van der Waals surface area contributed by atoms with E-state index >= 15 is 0 Å². The molecular weight excluding hydrogens is 420 g/mol. The lowest BCUT2D eigenvalue weighted by atomic mass is 10.1. The van der Waals surface area contributed by atoms with Gasteiger partial charge in [-0.15, -0.1) is 11.8 Å². The summed E-state index contributed by atoms with van der Waals surface area (Å²) in [5.74, 6) is 0.579. The van der Waals surface area contributed by atoms with Gasteiger partial charge in [0.1, 0.15) is 5.75 Å². The molecule has 0 aromatic heterocycles. The lowest BCUT2D eigenvalue weighted by Gasteiger charge is -2.09. The van der Waals surface area contributed by atoms with Crippen LogP contribution in [0.4, 0.5) is 11.4 Å². The second kappa shape index (κ2) is 10.0. The van der Waals surface area contributed by atoms with Crippen molar-refractivity contribution in [2.45, 2.75) is 4.90 Å². The van der Waals surface area contributed by atoms with Gasteiger partial charge in [-0.2, -0.15) is 0 Å². The zero-order valence-electron chi connectivity index (χ0n) is 17.5. The van der Waals surface area contributed by atoms with Crippen LogP contribution in [0.1, 0.15) is 10.4 Å². The number of nitrogens with one attached hydrogen (secondary N) is 2. The molecule has 5 nitrogen and oxygen atoms in total. The number of carbonyl (C=O) groups is 2. The normalized spacial score (nSPS) is 10.5. The first-order valence-corrected chi connectivity index (χ1v) is 11.1. The topological polar surface area (TPSA) is 67.4 Å². The van der Waals surface area contributed by atoms with Crippen LogP contribution < -0.4 is 15.4 Å². The van der Waals surface area contributed by atoms with Gasteiger partial charge in [0.2, 0.25) is 5.91 Å². The number of amides is 2. The van der Waals surface area contributed by atoms with Crippen molar-refractivity contribution < 1.29 is 14.3 Å². The Labute approximate surface area is 190 Å². The maximum absolute atomic E-state index is 12.5. The molecule has 0 atom stereocenters. The summed E-state index contributed by atoms with van der Waals surface area (Å²) in [6, 6.07) is 28.3.